The zero-order valence-electron chi connectivity index (χ0n) is 23.8. The molecule has 33 heavy (non-hydrogen) atoms. The molecule has 2 atom stereocenters. The summed E-state index contributed by atoms with van der Waals surface area (Å²) >= 11 is 0. The summed E-state index contributed by atoms with van der Waals surface area (Å²) in [5.41, 5.74) is 0. The van der Waals surface area contributed by atoms with Gasteiger partial charge in [0.25, 0.3) is 0 Å². The van der Waals surface area contributed by atoms with Gasteiger partial charge in [-0.3, -0.25) is 0 Å². The van der Waals surface area contributed by atoms with Crippen molar-refractivity contribution in [2.24, 2.45) is 5.92 Å². The van der Waals surface area contributed by atoms with Gasteiger partial charge in [0, 0.05) is 5.92 Å². The predicted molar refractivity (Wildman–Crippen MR) is 148 cm³/mol. The van der Waals surface area contributed by atoms with E-state index in [1.165, 1.54) is 135 Å². The minimum Gasteiger partial charge on any atom is -1.00 e. The number of rotatable bonds is 25. The quantitative estimate of drug-likeness (QED) is 0.0713. The maximum absolute atomic E-state index is 4.02. The normalized spacial score (nSPS) is 13.5. The van der Waals surface area contributed by atoms with Crippen molar-refractivity contribution in [2.45, 2.75) is 162 Å². The van der Waals surface area contributed by atoms with Crippen LogP contribution in [-0.4, -0.2) is 31.2 Å². The molecule has 1 nitrogen and oxygen atoms in total. The summed E-state index contributed by atoms with van der Waals surface area (Å²) in [7, 11) is 4.84. The highest BCUT2D eigenvalue weighted by Gasteiger charge is 2.31. The zero-order valence-corrected chi connectivity index (χ0v) is 24.6. The lowest BCUT2D eigenvalue weighted by Gasteiger charge is -2.41. The zero-order chi connectivity index (χ0) is 23.9. The van der Waals surface area contributed by atoms with E-state index in [0.717, 1.165) is 23.0 Å². The Morgan fingerprint density at radius 2 is 0.909 bits per heavy atom. The Balaban J connectivity index is 0. The second-order valence-corrected chi connectivity index (χ2v) is 11.4. The topological polar surface area (TPSA) is 0 Å². The second kappa shape index (κ2) is 25.1. The number of quaternary nitrogens is 1. The van der Waals surface area contributed by atoms with Crippen LogP contribution in [0.5, 0.6) is 0 Å². The molecule has 0 bridgehead atoms. The van der Waals surface area contributed by atoms with E-state index in [0.29, 0.717) is 0 Å². The third kappa shape index (κ3) is 21.0. The van der Waals surface area contributed by atoms with E-state index < -0.39 is 0 Å². The van der Waals surface area contributed by atoms with E-state index >= 15 is 0 Å². The van der Waals surface area contributed by atoms with Crippen LogP contribution in [0.1, 0.15) is 156 Å². The van der Waals surface area contributed by atoms with Gasteiger partial charge in [0.05, 0.1) is 26.7 Å². The lowest BCUT2D eigenvalue weighted by Crippen LogP contribution is -3.00. The first-order valence-corrected chi connectivity index (χ1v) is 14.9. The van der Waals surface area contributed by atoms with Crippen molar-refractivity contribution in [3.05, 3.63) is 12.7 Å². The summed E-state index contributed by atoms with van der Waals surface area (Å²) in [6.45, 7) is 12.3. The van der Waals surface area contributed by atoms with Crippen molar-refractivity contribution in [1.29, 1.82) is 0 Å². The van der Waals surface area contributed by atoms with Crippen LogP contribution >= 0.6 is 0 Å². The third-order valence-electron chi connectivity index (χ3n) is 7.77. The molecule has 0 aliphatic heterocycles. The monoisotopic (exact) mass is 485 g/mol. The Morgan fingerprint density at radius 1 is 0.576 bits per heavy atom. The smallest absolute Gasteiger partial charge is 0.0969 e. The fourth-order valence-corrected chi connectivity index (χ4v) is 5.60. The van der Waals surface area contributed by atoms with Gasteiger partial charge in [0.15, 0.2) is 0 Å². The molecule has 0 aromatic heterocycles. The van der Waals surface area contributed by atoms with Gasteiger partial charge in [-0.2, -0.15) is 0 Å². The van der Waals surface area contributed by atoms with E-state index in [9.17, 15) is 0 Å². The van der Waals surface area contributed by atoms with E-state index in [2.05, 4.69) is 47.5 Å². The van der Waals surface area contributed by atoms with Gasteiger partial charge in [-0.15, -0.1) is 0 Å². The highest BCUT2D eigenvalue weighted by Crippen LogP contribution is 2.26. The summed E-state index contributed by atoms with van der Waals surface area (Å²) in [5.74, 6) is 0.827. The molecular formula is C31H64ClN. The molecule has 2 heteroatoms. The molecule has 0 saturated carbocycles. The van der Waals surface area contributed by atoms with Crippen molar-refractivity contribution >= 4 is 0 Å². The molecule has 0 aliphatic rings. The molecule has 200 valence electrons. The largest absolute Gasteiger partial charge is 1.00 e. The van der Waals surface area contributed by atoms with Crippen molar-refractivity contribution in [1.82, 2.24) is 0 Å². The fourth-order valence-electron chi connectivity index (χ4n) is 5.60. The van der Waals surface area contributed by atoms with Crippen LogP contribution in [0.2, 0.25) is 0 Å². The molecule has 0 heterocycles. The van der Waals surface area contributed by atoms with Gasteiger partial charge in [-0.05, 0) is 25.3 Å². The molecule has 0 aromatic carbocycles. The molecular weight excluding hydrogens is 422 g/mol. The highest BCUT2D eigenvalue weighted by atomic mass is 35.5. The maximum atomic E-state index is 4.02. The summed E-state index contributed by atoms with van der Waals surface area (Å²) < 4.78 is 1.12. The van der Waals surface area contributed by atoms with Gasteiger partial charge in [-0.25, -0.2) is 0 Å². The van der Waals surface area contributed by atoms with Crippen LogP contribution in [-0.2, 0) is 0 Å². The fraction of sp³-hybridized carbons (Fsp3) is 0.935. The standard InChI is InChI=1S/C31H64N.ClH/c1-7-10-12-13-14-15-16-17-18-19-20-21-22-23-24-26-27-30(4)31(28-25-11-8-2)32(5,6)29-9-3;/h9,30-31H,3,7-8,10-29H2,1-2,4-6H3;1H/q+1;/p-1. The highest BCUT2D eigenvalue weighted by molar-refractivity contribution is 4.72. The molecule has 2 unspecified atom stereocenters. The van der Waals surface area contributed by atoms with Crippen LogP contribution in [0.4, 0.5) is 0 Å². The minimum atomic E-state index is 0. The minimum absolute atomic E-state index is 0. The molecule has 0 aromatic rings. The number of hydrogen-bond acceptors (Lipinski definition) is 0. The average molecular weight is 486 g/mol. The van der Waals surface area contributed by atoms with E-state index in [4.69, 9.17) is 0 Å². The molecule has 0 aliphatic carbocycles. The first kappa shape index (κ1) is 35.2. The number of likely N-dealkylation sites (N-methyl/N-ethyl adjacent to an activating group) is 1. The van der Waals surface area contributed by atoms with Gasteiger partial charge in [0.2, 0.25) is 0 Å². The Kier molecular flexibility index (Phi) is 26.7. The summed E-state index contributed by atoms with van der Waals surface area (Å²) in [5, 5.41) is 0. The SMILES string of the molecule is C=CC[N+](C)(C)C(CCCCC)C(C)CCCCCCCCCCCCCCCCCC.[Cl-]. The first-order valence-electron chi connectivity index (χ1n) is 14.9. The van der Waals surface area contributed by atoms with Crippen LogP contribution in [0.25, 0.3) is 0 Å². The Bertz CT molecular complexity index is 392. The van der Waals surface area contributed by atoms with E-state index in [1.54, 1.807) is 0 Å². The summed E-state index contributed by atoms with van der Waals surface area (Å²) in [6, 6.07) is 0.788. The Morgan fingerprint density at radius 3 is 1.30 bits per heavy atom. The molecule has 0 spiro atoms. The summed E-state index contributed by atoms with van der Waals surface area (Å²) in [6.07, 6.45) is 32.3. The van der Waals surface area contributed by atoms with Gasteiger partial charge < -0.3 is 16.9 Å². The number of halogens is 1. The second-order valence-electron chi connectivity index (χ2n) is 11.4. The molecule has 0 amide bonds. The van der Waals surface area contributed by atoms with Crippen LogP contribution in [0, 0.1) is 5.92 Å². The number of unbranched alkanes of at least 4 members (excludes halogenated alkanes) is 17. The lowest BCUT2D eigenvalue weighted by molar-refractivity contribution is -0.913. The van der Waals surface area contributed by atoms with Crippen LogP contribution < -0.4 is 12.4 Å². The number of hydrogen-bond donors (Lipinski definition) is 0. The van der Waals surface area contributed by atoms with Gasteiger partial charge >= 0.3 is 0 Å². The third-order valence-corrected chi connectivity index (χ3v) is 7.77. The van der Waals surface area contributed by atoms with Crippen LogP contribution in [0.3, 0.4) is 0 Å². The van der Waals surface area contributed by atoms with Gasteiger partial charge in [-0.1, -0.05) is 143 Å². The van der Waals surface area contributed by atoms with Crippen LogP contribution in [0.15, 0.2) is 12.7 Å². The average Bonchev–Trinajstić information content (AvgIpc) is 2.76. The Hall–Kier alpha value is -0.0100. The maximum Gasteiger partial charge on any atom is 0.0969 e. The Labute approximate surface area is 217 Å². The lowest BCUT2D eigenvalue weighted by atomic mass is 9.88. The molecule has 0 rings (SSSR count). The van der Waals surface area contributed by atoms with Crippen molar-refractivity contribution in [3.63, 3.8) is 0 Å². The van der Waals surface area contributed by atoms with Crippen molar-refractivity contribution in [2.75, 3.05) is 20.6 Å². The molecule has 0 saturated heterocycles. The van der Waals surface area contributed by atoms with E-state index in [-0.39, 0.29) is 12.4 Å². The van der Waals surface area contributed by atoms with Crippen molar-refractivity contribution < 1.29 is 16.9 Å². The van der Waals surface area contributed by atoms with Crippen molar-refractivity contribution in [3.8, 4) is 0 Å². The number of nitrogens with zero attached hydrogens (tertiary/aromatic N) is 1. The molecule has 0 N–H and O–H groups in total. The summed E-state index contributed by atoms with van der Waals surface area (Å²) in [4.78, 5) is 0. The predicted octanol–water partition coefficient (Wildman–Crippen LogP) is 7.49. The molecule has 0 fully saturated rings. The van der Waals surface area contributed by atoms with E-state index in [1.807, 2.05) is 0 Å². The molecule has 0 radical (unpaired) electrons. The first-order chi connectivity index (χ1) is 15.5. The van der Waals surface area contributed by atoms with Gasteiger partial charge in [0.1, 0.15) is 0 Å².